The van der Waals surface area contributed by atoms with E-state index in [0.29, 0.717) is 5.56 Å². The molecule has 1 heterocycles. The van der Waals surface area contributed by atoms with Crippen LogP contribution in [0, 0.1) is 6.92 Å². The molecule has 17 heavy (non-hydrogen) atoms. The molecule has 4 heteroatoms. The second kappa shape index (κ2) is 4.20. The van der Waals surface area contributed by atoms with Crippen molar-refractivity contribution in [3.63, 3.8) is 0 Å². The van der Waals surface area contributed by atoms with Gasteiger partial charge in [0.15, 0.2) is 0 Å². The van der Waals surface area contributed by atoms with E-state index in [-0.39, 0.29) is 5.56 Å². The Balaban J connectivity index is 2.65. The Morgan fingerprint density at radius 2 is 1.71 bits per heavy atom. The number of nitrogens with zero attached hydrogens (tertiary/aromatic N) is 1. The Morgan fingerprint density at radius 3 is 2.35 bits per heavy atom. The molecule has 0 aliphatic heterocycles. The van der Waals surface area contributed by atoms with Crippen LogP contribution < -0.4 is 0 Å². The Kier molecular flexibility index (Phi) is 2.88. The van der Waals surface area contributed by atoms with Crippen molar-refractivity contribution in [1.82, 2.24) is 4.98 Å². The van der Waals surface area contributed by atoms with Gasteiger partial charge in [0.25, 0.3) is 0 Å². The van der Waals surface area contributed by atoms with E-state index in [9.17, 15) is 13.2 Å². The van der Waals surface area contributed by atoms with Gasteiger partial charge in [-0.2, -0.15) is 13.2 Å². The van der Waals surface area contributed by atoms with Crippen LogP contribution in [0.25, 0.3) is 11.1 Å². The molecule has 0 bridgehead atoms. The number of aromatic nitrogens is 1. The molecule has 0 spiro atoms. The molecular formula is C13H10F3N. The third kappa shape index (κ3) is 2.30. The third-order valence-corrected chi connectivity index (χ3v) is 2.56. The summed E-state index contributed by atoms with van der Waals surface area (Å²) in [5.74, 6) is 0. The molecule has 0 N–H and O–H groups in total. The highest BCUT2D eigenvalue weighted by atomic mass is 19.4. The van der Waals surface area contributed by atoms with Crippen LogP contribution in [0.5, 0.6) is 0 Å². The Morgan fingerprint density at radius 1 is 1.00 bits per heavy atom. The van der Waals surface area contributed by atoms with Gasteiger partial charge in [-0.3, -0.25) is 4.98 Å². The van der Waals surface area contributed by atoms with E-state index < -0.39 is 11.7 Å². The first-order valence-corrected chi connectivity index (χ1v) is 5.07. The molecule has 0 saturated carbocycles. The fourth-order valence-corrected chi connectivity index (χ4v) is 1.73. The monoisotopic (exact) mass is 237 g/mol. The highest BCUT2D eigenvalue weighted by molar-refractivity contribution is 5.70. The Labute approximate surface area is 96.9 Å². The van der Waals surface area contributed by atoms with Gasteiger partial charge >= 0.3 is 6.18 Å². The summed E-state index contributed by atoms with van der Waals surface area (Å²) in [6.07, 6.45) is -2.15. The zero-order valence-corrected chi connectivity index (χ0v) is 9.12. The van der Waals surface area contributed by atoms with Crippen LogP contribution in [0.15, 0.2) is 42.7 Å². The molecule has 1 aromatic heterocycles. The van der Waals surface area contributed by atoms with Crippen molar-refractivity contribution in [1.29, 1.82) is 0 Å². The number of hydrogen-bond donors (Lipinski definition) is 0. The normalized spacial score (nSPS) is 11.5. The lowest BCUT2D eigenvalue weighted by atomic mass is 9.97. The van der Waals surface area contributed by atoms with Crippen molar-refractivity contribution in [3.8, 4) is 11.1 Å². The molecule has 0 radical (unpaired) electrons. The number of hydrogen-bond acceptors (Lipinski definition) is 1. The van der Waals surface area contributed by atoms with E-state index in [0.717, 1.165) is 11.8 Å². The maximum absolute atomic E-state index is 12.8. The summed E-state index contributed by atoms with van der Waals surface area (Å²) in [6, 6.07) is 8.39. The molecule has 0 fully saturated rings. The maximum atomic E-state index is 12.8. The molecule has 0 aliphatic rings. The maximum Gasteiger partial charge on any atom is 0.418 e. The van der Waals surface area contributed by atoms with Crippen molar-refractivity contribution in [2.75, 3.05) is 0 Å². The van der Waals surface area contributed by atoms with Gasteiger partial charge in [0, 0.05) is 12.4 Å². The minimum Gasteiger partial charge on any atom is -0.264 e. The number of alkyl halides is 3. The molecule has 0 unspecified atom stereocenters. The van der Waals surface area contributed by atoms with Crippen LogP contribution in [-0.4, -0.2) is 4.98 Å². The average molecular weight is 237 g/mol. The van der Waals surface area contributed by atoms with Gasteiger partial charge in [-0.1, -0.05) is 24.3 Å². The van der Waals surface area contributed by atoms with E-state index >= 15 is 0 Å². The van der Waals surface area contributed by atoms with Crippen LogP contribution >= 0.6 is 0 Å². The highest BCUT2D eigenvalue weighted by Crippen LogP contribution is 2.37. The number of halogens is 3. The number of aryl methyl sites for hydroxylation is 1. The van der Waals surface area contributed by atoms with Crippen LogP contribution in [0.3, 0.4) is 0 Å². The first kappa shape index (κ1) is 11.6. The fourth-order valence-electron chi connectivity index (χ4n) is 1.73. The lowest BCUT2D eigenvalue weighted by molar-refractivity contribution is -0.137. The fraction of sp³-hybridized carbons (Fsp3) is 0.154. The molecule has 1 nitrogen and oxygen atoms in total. The Hall–Kier alpha value is -1.84. The van der Waals surface area contributed by atoms with E-state index in [2.05, 4.69) is 4.98 Å². The first-order chi connectivity index (χ1) is 8.00. The summed E-state index contributed by atoms with van der Waals surface area (Å²) in [4.78, 5) is 3.55. The van der Waals surface area contributed by atoms with Crippen molar-refractivity contribution >= 4 is 0 Å². The summed E-state index contributed by atoms with van der Waals surface area (Å²) in [7, 11) is 0. The lowest BCUT2D eigenvalue weighted by Crippen LogP contribution is -2.08. The molecule has 88 valence electrons. The average Bonchev–Trinajstić information content (AvgIpc) is 2.28. The predicted octanol–water partition coefficient (Wildman–Crippen LogP) is 4.08. The van der Waals surface area contributed by atoms with Gasteiger partial charge in [0.05, 0.1) is 5.56 Å². The van der Waals surface area contributed by atoms with Crippen molar-refractivity contribution < 1.29 is 13.2 Å². The Bertz CT molecular complexity index is 532. The molecule has 0 saturated heterocycles. The molecule has 0 amide bonds. The van der Waals surface area contributed by atoms with Gasteiger partial charge in [0.2, 0.25) is 0 Å². The minimum absolute atomic E-state index is 0.172. The molecule has 2 rings (SSSR count). The van der Waals surface area contributed by atoms with Crippen LogP contribution in [0.1, 0.15) is 11.1 Å². The van der Waals surface area contributed by atoms with Crippen LogP contribution in [0.4, 0.5) is 13.2 Å². The minimum atomic E-state index is -4.38. The summed E-state index contributed by atoms with van der Waals surface area (Å²) < 4.78 is 38.5. The quantitative estimate of drug-likeness (QED) is 0.728. The van der Waals surface area contributed by atoms with E-state index in [4.69, 9.17) is 0 Å². The standard InChI is InChI=1S/C13H10F3N/c1-9-4-2-3-5-10(9)11-6-7-17-8-12(11)13(14,15)16/h2-8H,1H3. The van der Waals surface area contributed by atoms with Crippen molar-refractivity contribution in [2.45, 2.75) is 13.1 Å². The van der Waals surface area contributed by atoms with E-state index in [1.54, 1.807) is 31.2 Å². The van der Waals surface area contributed by atoms with Crippen LogP contribution in [0.2, 0.25) is 0 Å². The first-order valence-electron chi connectivity index (χ1n) is 5.07. The second-order valence-electron chi connectivity index (χ2n) is 3.73. The molecule has 1 aromatic carbocycles. The van der Waals surface area contributed by atoms with Gasteiger partial charge in [0.1, 0.15) is 0 Å². The topological polar surface area (TPSA) is 12.9 Å². The molecule has 0 atom stereocenters. The predicted molar refractivity (Wildman–Crippen MR) is 59.4 cm³/mol. The summed E-state index contributed by atoms with van der Waals surface area (Å²) in [5.41, 5.74) is 0.867. The van der Waals surface area contributed by atoms with E-state index in [1.165, 1.54) is 12.3 Å². The third-order valence-electron chi connectivity index (χ3n) is 2.56. The van der Waals surface area contributed by atoms with Crippen molar-refractivity contribution in [2.24, 2.45) is 0 Å². The molecule has 0 aliphatic carbocycles. The van der Waals surface area contributed by atoms with Gasteiger partial charge in [-0.25, -0.2) is 0 Å². The smallest absolute Gasteiger partial charge is 0.264 e. The molecular weight excluding hydrogens is 227 g/mol. The van der Waals surface area contributed by atoms with Gasteiger partial charge in [-0.05, 0) is 29.7 Å². The zero-order valence-electron chi connectivity index (χ0n) is 9.12. The highest BCUT2D eigenvalue weighted by Gasteiger charge is 2.34. The SMILES string of the molecule is Cc1ccccc1-c1ccncc1C(F)(F)F. The van der Waals surface area contributed by atoms with Crippen molar-refractivity contribution in [3.05, 3.63) is 53.9 Å². The number of benzene rings is 1. The summed E-state index contributed by atoms with van der Waals surface area (Å²) in [6.45, 7) is 1.79. The second-order valence-corrected chi connectivity index (χ2v) is 3.73. The van der Waals surface area contributed by atoms with Crippen LogP contribution in [-0.2, 0) is 6.18 Å². The number of rotatable bonds is 1. The summed E-state index contributed by atoms with van der Waals surface area (Å²) in [5, 5.41) is 0. The summed E-state index contributed by atoms with van der Waals surface area (Å²) >= 11 is 0. The zero-order chi connectivity index (χ0) is 12.5. The largest absolute Gasteiger partial charge is 0.418 e. The molecule has 2 aromatic rings. The van der Waals surface area contributed by atoms with Gasteiger partial charge in [-0.15, -0.1) is 0 Å². The van der Waals surface area contributed by atoms with E-state index in [1.807, 2.05) is 0 Å². The number of pyridine rings is 1. The lowest BCUT2D eigenvalue weighted by Gasteiger charge is -2.13. The van der Waals surface area contributed by atoms with Gasteiger partial charge < -0.3 is 0 Å².